The van der Waals surface area contributed by atoms with Gasteiger partial charge < -0.3 is 10.5 Å². The molecule has 0 aromatic heterocycles. The maximum absolute atomic E-state index is 12.5. The first-order valence-corrected chi connectivity index (χ1v) is 7.89. The first-order valence-electron chi connectivity index (χ1n) is 5.94. The molecule has 0 saturated heterocycles. The van der Waals surface area contributed by atoms with Crippen LogP contribution in [0.5, 0.6) is 0 Å². The fourth-order valence-electron chi connectivity index (χ4n) is 2.31. The second kappa shape index (κ2) is 4.85. The van der Waals surface area contributed by atoms with Crippen LogP contribution in [-0.2, 0) is 14.6 Å². The lowest BCUT2D eigenvalue weighted by atomic mass is 10.1. The average Bonchev–Trinajstić information content (AvgIpc) is 3.07. The zero-order chi connectivity index (χ0) is 14.3. The van der Waals surface area contributed by atoms with Gasteiger partial charge >= 0.3 is 0 Å². The van der Waals surface area contributed by atoms with Gasteiger partial charge in [-0.15, -0.1) is 0 Å². The minimum Gasteiger partial charge on any atom is -0.393 e. The summed E-state index contributed by atoms with van der Waals surface area (Å²) in [4.78, 5) is 0.535. The Bertz CT molecular complexity index is 595. The number of rotatable bonds is 5. The lowest BCUT2D eigenvalue weighted by Crippen LogP contribution is -2.32. The van der Waals surface area contributed by atoms with E-state index in [1.807, 2.05) is 6.92 Å². The summed E-state index contributed by atoms with van der Waals surface area (Å²) in [5.41, 5.74) is 6.02. The summed E-state index contributed by atoms with van der Waals surface area (Å²) in [6.07, 6.45) is 0.437. The molecule has 0 aliphatic heterocycles. The molecule has 104 valence electrons. The normalized spacial score (nSPS) is 26.1. The van der Waals surface area contributed by atoms with Crippen LogP contribution in [0.3, 0.4) is 0 Å². The number of ether oxygens (including phenoxy) is 1. The van der Waals surface area contributed by atoms with E-state index in [-0.39, 0.29) is 11.6 Å². The molecule has 2 rings (SSSR count). The van der Waals surface area contributed by atoms with Gasteiger partial charge in [0.1, 0.15) is 0 Å². The number of hydrogen-bond donors (Lipinski definition) is 1. The van der Waals surface area contributed by atoms with E-state index < -0.39 is 20.5 Å². The van der Waals surface area contributed by atoms with Crippen LogP contribution in [0, 0.1) is 12.3 Å². The Morgan fingerprint density at radius 2 is 2.05 bits per heavy atom. The van der Waals surface area contributed by atoms with Gasteiger partial charge in [-0.2, -0.15) is 0 Å². The van der Waals surface area contributed by atoms with Crippen molar-refractivity contribution in [3.05, 3.63) is 29.8 Å². The minimum absolute atomic E-state index is 0.218. The molecule has 0 spiro atoms. The third-order valence-electron chi connectivity index (χ3n) is 3.62. The van der Waals surface area contributed by atoms with Gasteiger partial charge in [-0.05, 0) is 25.5 Å². The molecule has 1 aliphatic carbocycles. The molecule has 1 saturated carbocycles. The maximum Gasteiger partial charge on any atom is 0.182 e. The number of methoxy groups -OCH3 is 1. The minimum atomic E-state index is -3.40. The third kappa shape index (κ3) is 2.40. The SMILES string of the molecule is COC[C@@]1(C(N)=S)C[C@H]1S(=O)(=O)c1ccc(C)cc1. The average molecular weight is 299 g/mol. The third-order valence-corrected chi connectivity index (χ3v) is 6.33. The van der Waals surface area contributed by atoms with Crippen molar-refractivity contribution in [2.75, 3.05) is 13.7 Å². The van der Waals surface area contributed by atoms with Crippen molar-refractivity contribution in [2.45, 2.75) is 23.5 Å². The van der Waals surface area contributed by atoms with E-state index in [1.54, 1.807) is 24.3 Å². The van der Waals surface area contributed by atoms with Crippen LogP contribution >= 0.6 is 12.2 Å². The molecule has 4 nitrogen and oxygen atoms in total. The first kappa shape index (κ1) is 14.4. The molecule has 0 bridgehead atoms. The maximum atomic E-state index is 12.5. The summed E-state index contributed by atoms with van der Waals surface area (Å²) in [6, 6.07) is 6.82. The molecule has 1 aliphatic rings. The molecule has 0 radical (unpaired) electrons. The van der Waals surface area contributed by atoms with Crippen molar-refractivity contribution in [3.63, 3.8) is 0 Å². The predicted octanol–water partition coefficient (Wildman–Crippen LogP) is 1.46. The van der Waals surface area contributed by atoms with E-state index in [0.29, 0.717) is 11.3 Å². The molecule has 2 N–H and O–H groups in total. The molecule has 0 heterocycles. The number of hydrogen-bond acceptors (Lipinski definition) is 4. The standard InChI is InChI=1S/C13H17NO3S2/c1-9-3-5-10(6-4-9)19(15,16)11-7-13(11,8-17-2)12(14)18/h3-6,11H,7-8H2,1-2H3,(H2,14,18)/t11-,13+/m1/s1. The summed E-state index contributed by atoms with van der Waals surface area (Å²) >= 11 is 5.01. The van der Waals surface area contributed by atoms with E-state index in [9.17, 15) is 8.42 Å². The van der Waals surface area contributed by atoms with Crippen molar-refractivity contribution < 1.29 is 13.2 Å². The van der Waals surface area contributed by atoms with E-state index in [1.165, 1.54) is 7.11 Å². The number of benzene rings is 1. The Morgan fingerprint density at radius 3 is 2.53 bits per heavy atom. The van der Waals surface area contributed by atoms with Gasteiger partial charge in [-0.1, -0.05) is 29.9 Å². The molecule has 1 aromatic rings. The summed E-state index contributed by atoms with van der Waals surface area (Å²) < 4.78 is 30.1. The Kier molecular flexibility index (Phi) is 3.68. The quantitative estimate of drug-likeness (QED) is 0.834. The van der Waals surface area contributed by atoms with Crippen LogP contribution in [0.4, 0.5) is 0 Å². The Balaban J connectivity index is 2.33. The van der Waals surface area contributed by atoms with E-state index >= 15 is 0 Å². The lowest BCUT2D eigenvalue weighted by Gasteiger charge is -2.15. The first-order chi connectivity index (χ1) is 8.84. The summed E-state index contributed by atoms with van der Waals surface area (Å²) in [6.45, 7) is 2.16. The van der Waals surface area contributed by atoms with Gasteiger partial charge in [0.05, 0.1) is 27.2 Å². The highest BCUT2D eigenvalue weighted by molar-refractivity contribution is 7.92. The van der Waals surface area contributed by atoms with Crippen molar-refractivity contribution in [2.24, 2.45) is 11.1 Å². The Morgan fingerprint density at radius 1 is 1.47 bits per heavy atom. The predicted molar refractivity (Wildman–Crippen MR) is 77.9 cm³/mol. The highest BCUT2D eigenvalue weighted by Crippen LogP contribution is 2.53. The monoisotopic (exact) mass is 299 g/mol. The summed E-state index contributed by atoms with van der Waals surface area (Å²) in [5, 5.41) is -0.569. The van der Waals surface area contributed by atoms with Crippen LogP contribution in [0.15, 0.2) is 29.2 Å². The molecular weight excluding hydrogens is 282 g/mol. The molecular formula is C13H17NO3S2. The number of thiocarbonyl (C=S) groups is 1. The molecule has 0 unspecified atom stereocenters. The van der Waals surface area contributed by atoms with Gasteiger partial charge in [0.15, 0.2) is 9.84 Å². The molecule has 6 heteroatoms. The largest absolute Gasteiger partial charge is 0.393 e. The number of nitrogens with two attached hydrogens (primary N) is 1. The van der Waals surface area contributed by atoms with Crippen molar-refractivity contribution in [1.29, 1.82) is 0 Å². The summed E-state index contributed by atoms with van der Waals surface area (Å²) in [7, 11) is -1.88. The van der Waals surface area contributed by atoms with E-state index in [0.717, 1.165) is 5.56 Å². The Hall–Kier alpha value is -0.980. The van der Waals surface area contributed by atoms with E-state index in [4.69, 9.17) is 22.7 Å². The number of aryl methyl sites for hydroxylation is 1. The van der Waals surface area contributed by atoms with Crippen molar-refractivity contribution >= 4 is 27.0 Å². The van der Waals surface area contributed by atoms with Gasteiger partial charge in [-0.25, -0.2) is 8.42 Å². The molecule has 1 aromatic carbocycles. The lowest BCUT2D eigenvalue weighted by molar-refractivity contribution is 0.169. The van der Waals surface area contributed by atoms with Gasteiger partial charge in [0, 0.05) is 7.11 Å². The van der Waals surface area contributed by atoms with Crippen molar-refractivity contribution in [1.82, 2.24) is 0 Å². The molecule has 2 atom stereocenters. The van der Waals surface area contributed by atoms with Crippen LogP contribution < -0.4 is 5.73 Å². The molecule has 1 fully saturated rings. The molecule has 0 amide bonds. The smallest absolute Gasteiger partial charge is 0.182 e. The second-order valence-electron chi connectivity index (χ2n) is 5.00. The summed E-state index contributed by atoms with van der Waals surface area (Å²) in [5.74, 6) is 0. The molecule has 19 heavy (non-hydrogen) atoms. The topological polar surface area (TPSA) is 69.4 Å². The highest BCUT2D eigenvalue weighted by atomic mass is 32.2. The zero-order valence-electron chi connectivity index (χ0n) is 10.9. The van der Waals surface area contributed by atoms with Gasteiger partial charge in [0.25, 0.3) is 0 Å². The van der Waals surface area contributed by atoms with Gasteiger partial charge in [0.2, 0.25) is 0 Å². The van der Waals surface area contributed by atoms with Crippen molar-refractivity contribution in [3.8, 4) is 0 Å². The van der Waals surface area contributed by atoms with Crippen LogP contribution in [0.1, 0.15) is 12.0 Å². The fourth-order valence-corrected chi connectivity index (χ4v) is 4.82. The van der Waals surface area contributed by atoms with Crippen LogP contribution in [0.2, 0.25) is 0 Å². The van der Waals surface area contributed by atoms with E-state index in [2.05, 4.69) is 0 Å². The van der Waals surface area contributed by atoms with Crippen LogP contribution in [0.25, 0.3) is 0 Å². The zero-order valence-corrected chi connectivity index (χ0v) is 12.6. The van der Waals surface area contributed by atoms with Gasteiger partial charge in [-0.3, -0.25) is 0 Å². The Labute approximate surface area is 118 Å². The van der Waals surface area contributed by atoms with Crippen LogP contribution in [-0.4, -0.2) is 32.4 Å². The highest BCUT2D eigenvalue weighted by Gasteiger charge is 2.63. The second-order valence-corrected chi connectivity index (χ2v) is 7.57. The fraction of sp³-hybridized carbons (Fsp3) is 0.462. The number of sulfone groups is 1.